The van der Waals surface area contributed by atoms with E-state index in [0.717, 1.165) is 22.7 Å². The summed E-state index contributed by atoms with van der Waals surface area (Å²) < 4.78 is 12.5. The molecule has 0 N–H and O–H groups in total. The van der Waals surface area contributed by atoms with Gasteiger partial charge in [0.15, 0.2) is 11.6 Å². The van der Waals surface area contributed by atoms with Crippen molar-refractivity contribution in [3.8, 4) is 28.5 Å². The highest BCUT2D eigenvalue weighted by Crippen LogP contribution is 2.24. The van der Waals surface area contributed by atoms with E-state index in [1.165, 1.54) is 5.56 Å². The van der Waals surface area contributed by atoms with Gasteiger partial charge in [-0.25, -0.2) is 9.67 Å². The first-order chi connectivity index (χ1) is 11.7. The maximum absolute atomic E-state index is 5.54. The molecule has 0 fully saturated rings. The number of rotatable bonds is 6. The molecule has 2 aromatic carbocycles. The van der Waals surface area contributed by atoms with Gasteiger partial charge in [0.2, 0.25) is 0 Å². The van der Waals surface area contributed by atoms with Crippen LogP contribution in [0.15, 0.2) is 48.5 Å². The van der Waals surface area contributed by atoms with Crippen LogP contribution < -0.4 is 4.74 Å². The summed E-state index contributed by atoms with van der Waals surface area (Å²) >= 11 is 0. The summed E-state index contributed by atoms with van der Waals surface area (Å²) in [5, 5.41) is 4.62. The number of hydrogen-bond donors (Lipinski definition) is 0. The second-order valence-corrected chi connectivity index (χ2v) is 5.48. The third-order valence-electron chi connectivity index (χ3n) is 3.71. The second-order valence-electron chi connectivity index (χ2n) is 5.48. The van der Waals surface area contributed by atoms with Crippen LogP contribution in [0.3, 0.4) is 0 Å². The molecule has 0 bridgehead atoms. The molecule has 0 saturated heterocycles. The van der Waals surface area contributed by atoms with Gasteiger partial charge in [-0.3, -0.25) is 0 Å². The van der Waals surface area contributed by atoms with Crippen molar-refractivity contribution in [1.82, 2.24) is 14.8 Å². The highest BCUT2D eigenvalue weighted by Gasteiger charge is 2.13. The third-order valence-corrected chi connectivity index (χ3v) is 3.71. The first kappa shape index (κ1) is 16.2. The van der Waals surface area contributed by atoms with Crippen LogP contribution in [-0.2, 0) is 11.5 Å². The van der Waals surface area contributed by atoms with Gasteiger partial charge in [-0.05, 0) is 44.2 Å². The fourth-order valence-electron chi connectivity index (χ4n) is 2.47. The van der Waals surface area contributed by atoms with Crippen LogP contribution >= 0.6 is 0 Å². The molecule has 0 unspecified atom stereocenters. The lowest BCUT2D eigenvalue weighted by molar-refractivity contribution is 0.0803. The molecule has 3 aromatic rings. The molecular weight excluding hydrogens is 302 g/mol. The minimum Gasteiger partial charge on any atom is -0.497 e. The number of benzene rings is 2. The van der Waals surface area contributed by atoms with Crippen molar-refractivity contribution in [1.29, 1.82) is 0 Å². The minimum atomic E-state index is 0.378. The van der Waals surface area contributed by atoms with E-state index in [0.29, 0.717) is 19.2 Å². The molecule has 0 aliphatic carbocycles. The summed E-state index contributed by atoms with van der Waals surface area (Å²) in [4.78, 5) is 4.73. The van der Waals surface area contributed by atoms with Gasteiger partial charge in [-0.2, -0.15) is 0 Å². The molecule has 124 valence electrons. The predicted octanol–water partition coefficient (Wildman–Crippen LogP) is 3.92. The molecule has 5 nitrogen and oxygen atoms in total. The van der Waals surface area contributed by atoms with Gasteiger partial charge in [0.05, 0.1) is 7.11 Å². The first-order valence-corrected chi connectivity index (χ1v) is 7.95. The average molecular weight is 323 g/mol. The van der Waals surface area contributed by atoms with Crippen LogP contribution in [0.5, 0.6) is 5.75 Å². The topological polar surface area (TPSA) is 49.2 Å². The van der Waals surface area contributed by atoms with E-state index in [4.69, 9.17) is 14.5 Å². The Hall–Kier alpha value is -2.66. The Kier molecular flexibility index (Phi) is 4.91. The van der Waals surface area contributed by atoms with Gasteiger partial charge in [0, 0.05) is 17.7 Å². The first-order valence-electron chi connectivity index (χ1n) is 7.95. The standard InChI is InChI=1S/C19H21N3O2/c1-4-24-13-22-19(16-7-5-6-14(2)12-16)20-18(21-22)15-8-10-17(23-3)11-9-15/h5-12H,4,13H2,1-3H3. The lowest BCUT2D eigenvalue weighted by Gasteiger charge is -2.06. The Morgan fingerprint density at radius 1 is 1.04 bits per heavy atom. The molecule has 3 rings (SSSR count). The fraction of sp³-hybridized carbons (Fsp3) is 0.263. The van der Waals surface area contributed by atoms with E-state index < -0.39 is 0 Å². The lowest BCUT2D eigenvalue weighted by atomic mass is 10.1. The second kappa shape index (κ2) is 7.27. The Morgan fingerprint density at radius 3 is 2.50 bits per heavy atom. The Morgan fingerprint density at radius 2 is 1.83 bits per heavy atom. The summed E-state index contributed by atoms with van der Waals surface area (Å²) in [5.74, 6) is 2.29. The molecule has 0 saturated carbocycles. The molecule has 24 heavy (non-hydrogen) atoms. The quantitative estimate of drug-likeness (QED) is 0.690. The van der Waals surface area contributed by atoms with Crippen molar-refractivity contribution in [2.45, 2.75) is 20.6 Å². The van der Waals surface area contributed by atoms with Crippen LogP contribution in [0.4, 0.5) is 0 Å². The monoisotopic (exact) mass is 323 g/mol. The van der Waals surface area contributed by atoms with Crippen LogP contribution in [0.1, 0.15) is 12.5 Å². The van der Waals surface area contributed by atoms with Gasteiger partial charge in [0.1, 0.15) is 12.5 Å². The van der Waals surface area contributed by atoms with E-state index >= 15 is 0 Å². The third kappa shape index (κ3) is 3.46. The van der Waals surface area contributed by atoms with Gasteiger partial charge in [-0.1, -0.05) is 23.8 Å². The van der Waals surface area contributed by atoms with Crippen molar-refractivity contribution >= 4 is 0 Å². The minimum absolute atomic E-state index is 0.378. The molecule has 0 amide bonds. The number of aromatic nitrogens is 3. The smallest absolute Gasteiger partial charge is 0.181 e. The predicted molar refractivity (Wildman–Crippen MR) is 93.8 cm³/mol. The summed E-state index contributed by atoms with van der Waals surface area (Å²) in [7, 11) is 1.65. The van der Waals surface area contributed by atoms with Crippen LogP contribution in [0.25, 0.3) is 22.8 Å². The Balaban J connectivity index is 2.01. The molecule has 0 spiro atoms. The number of aryl methyl sites for hydroxylation is 1. The van der Waals surface area contributed by atoms with E-state index in [9.17, 15) is 0 Å². The average Bonchev–Trinajstić information content (AvgIpc) is 3.04. The normalized spacial score (nSPS) is 10.8. The summed E-state index contributed by atoms with van der Waals surface area (Å²) in [6, 6.07) is 16.0. The zero-order chi connectivity index (χ0) is 16.9. The highest BCUT2D eigenvalue weighted by atomic mass is 16.5. The molecule has 1 heterocycles. The van der Waals surface area contributed by atoms with Gasteiger partial charge in [-0.15, -0.1) is 5.10 Å². The van der Waals surface area contributed by atoms with Crippen molar-refractivity contribution in [3.63, 3.8) is 0 Å². The van der Waals surface area contributed by atoms with Crippen molar-refractivity contribution in [2.75, 3.05) is 13.7 Å². The number of methoxy groups -OCH3 is 1. The molecule has 5 heteroatoms. The maximum atomic E-state index is 5.54. The van der Waals surface area contributed by atoms with Gasteiger partial charge >= 0.3 is 0 Å². The van der Waals surface area contributed by atoms with Crippen molar-refractivity contribution < 1.29 is 9.47 Å². The summed E-state index contributed by atoms with van der Waals surface area (Å²) in [6.45, 7) is 5.04. The van der Waals surface area contributed by atoms with Crippen molar-refractivity contribution in [3.05, 3.63) is 54.1 Å². The van der Waals surface area contributed by atoms with E-state index in [2.05, 4.69) is 24.2 Å². The molecule has 0 aliphatic heterocycles. The van der Waals surface area contributed by atoms with Crippen LogP contribution in [-0.4, -0.2) is 28.5 Å². The van der Waals surface area contributed by atoms with Crippen LogP contribution in [0, 0.1) is 6.92 Å². The largest absolute Gasteiger partial charge is 0.497 e. The maximum Gasteiger partial charge on any atom is 0.181 e. The summed E-state index contributed by atoms with van der Waals surface area (Å²) in [6.07, 6.45) is 0. The van der Waals surface area contributed by atoms with E-state index in [1.54, 1.807) is 11.8 Å². The molecular formula is C19H21N3O2. The molecule has 0 aliphatic rings. The Labute approximate surface area is 141 Å². The van der Waals surface area contributed by atoms with Gasteiger partial charge in [0.25, 0.3) is 0 Å². The number of hydrogen-bond acceptors (Lipinski definition) is 4. The fourth-order valence-corrected chi connectivity index (χ4v) is 2.47. The zero-order valence-electron chi connectivity index (χ0n) is 14.2. The number of nitrogens with zero attached hydrogens (tertiary/aromatic N) is 3. The zero-order valence-corrected chi connectivity index (χ0v) is 14.2. The molecule has 0 atom stereocenters. The Bertz CT molecular complexity index is 810. The van der Waals surface area contributed by atoms with Crippen LogP contribution in [0.2, 0.25) is 0 Å². The molecule has 0 radical (unpaired) electrons. The van der Waals surface area contributed by atoms with Crippen molar-refractivity contribution in [2.24, 2.45) is 0 Å². The lowest BCUT2D eigenvalue weighted by Crippen LogP contribution is -2.06. The highest BCUT2D eigenvalue weighted by molar-refractivity contribution is 5.62. The molecule has 1 aromatic heterocycles. The van der Waals surface area contributed by atoms with Gasteiger partial charge < -0.3 is 9.47 Å². The van der Waals surface area contributed by atoms with E-state index in [-0.39, 0.29) is 0 Å². The SMILES string of the molecule is CCOCn1nc(-c2ccc(OC)cc2)nc1-c1cccc(C)c1. The number of ether oxygens (including phenoxy) is 2. The van der Waals surface area contributed by atoms with E-state index in [1.807, 2.05) is 43.3 Å². The summed E-state index contributed by atoms with van der Waals surface area (Å²) in [5.41, 5.74) is 3.16.